The van der Waals surface area contributed by atoms with Crippen LogP contribution in [0.4, 0.5) is 0 Å². The van der Waals surface area contributed by atoms with E-state index in [0.29, 0.717) is 11.7 Å². The minimum absolute atomic E-state index is 0.111. The number of nitrogens with zero attached hydrogens (tertiary/aromatic N) is 3. The molecule has 0 spiro atoms. The molecule has 2 aliphatic rings. The predicted octanol–water partition coefficient (Wildman–Crippen LogP) is 1.45. The number of aromatic nitrogens is 1. The lowest BCUT2D eigenvalue weighted by Crippen LogP contribution is -2.39. The van der Waals surface area contributed by atoms with Gasteiger partial charge in [-0.05, 0) is 25.8 Å². The fraction of sp³-hybridized carbons (Fsp3) is 0.667. The first-order valence-corrected chi connectivity index (χ1v) is 7.20. The van der Waals surface area contributed by atoms with E-state index in [0.717, 1.165) is 26.1 Å². The van der Waals surface area contributed by atoms with Crippen LogP contribution in [0, 0.1) is 0 Å². The number of thiazole rings is 1. The van der Waals surface area contributed by atoms with Crippen LogP contribution in [0.1, 0.15) is 29.8 Å². The largest absolute Gasteiger partial charge is 0.336 e. The first-order valence-electron chi connectivity index (χ1n) is 6.26. The Morgan fingerprint density at radius 1 is 1.35 bits per heavy atom. The van der Waals surface area contributed by atoms with Gasteiger partial charge in [0.25, 0.3) is 5.91 Å². The molecule has 1 unspecified atom stereocenters. The first kappa shape index (κ1) is 11.2. The van der Waals surface area contributed by atoms with Crippen LogP contribution in [0.15, 0.2) is 10.9 Å². The van der Waals surface area contributed by atoms with Crippen LogP contribution in [0.2, 0.25) is 0 Å². The molecule has 2 aliphatic heterocycles. The molecular weight excluding hydrogens is 234 g/mol. The Morgan fingerprint density at radius 2 is 2.24 bits per heavy atom. The summed E-state index contributed by atoms with van der Waals surface area (Å²) in [6, 6.07) is 0.583. The van der Waals surface area contributed by atoms with Crippen LogP contribution in [-0.2, 0) is 0 Å². The fourth-order valence-electron chi connectivity index (χ4n) is 2.87. The smallest absolute Gasteiger partial charge is 0.273 e. The van der Waals surface area contributed by atoms with Gasteiger partial charge >= 0.3 is 0 Å². The molecule has 4 nitrogen and oxygen atoms in total. The Morgan fingerprint density at radius 3 is 3.06 bits per heavy atom. The maximum absolute atomic E-state index is 12.3. The van der Waals surface area contributed by atoms with Crippen molar-refractivity contribution < 1.29 is 4.79 Å². The maximum atomic E-state index is 12.3. The average Bonchev–Trinajstić information content (AvgIpc) is 2.96. The number of carbonyl (C=O) groups excluding carboxylic acids is 1. The molecule has 0 saturated carbocycles. The van der Waals surface area contributed by atoms with Gasteiger partial charge in [-0.3, -0.25) is 9.69 Å². The molecule has 1 aromatic rings. The molecular formula is C12H17N3OS. The highest BCUT2D eigenvalue weighted by atomic mass is 32.1. The minimum Gasteiger partial charge on any atom is -0.336 e. The number of fused-ring (bicyclic) bond motifs is 1. The van der Waals surface area contributed by atoms with Gasteiger partial charge in [0.2, 0.25) is 0 Å². The summed E-state index contributed by atoms with van der Waals surface area (Å²) in [6.45, 7) is 4.12. The van der Waals surface area contributed by atoms with E-state index in [1.54, 1.807) is 5.51 Å². The van der Waals surface area contributed by atoms with Crippen molar-refractivity contribution in [1.82, 2.24) is 14.8 Å². The van der Waals surface area contributed by atoms with Crippen molar-refractivity contribution in [1.29, 1.82) is 0 Å². The van der Waals surface area contributed by atoms with Crippen LogP contribution < -0.4 is 0 Å². The van der Waals surface area contributed by atoms with Gasteiger partial charge in [0.05, 0.1) is 5.51 Å². The number of hydrogen-bond donors (Lipinski definition) is 0. The van der Waals surface area contributed by atoms with Crippen LogP contribution >= 0.6 is 11.3 Å². The number of hydrogen-bond acceptors (Lipinski definition) is 4. The van der Waals surface area contributed by atoms with E-state index >= 15 is 0 Å². The van der Waals surface area contributed by atoms with E-state index in [9.17, 15) is 4.79 Å². The monoisotopic (exact) mass is 251 g/mol. The third kappa shape index (κ3) is 2.21. The van der Waals surface area contributed by atoms with E-state index in [4.69, 9.17) is 0 Å². The van der Waals surface area contributed by atoms with Gasteiger partial charge < -0.3 is 4.90 Å². The van der Waals surface area contributed by atoms with Gasteiger partial charge in [-0.2, -0.15) is 0 Å². The van der Waals surface area contributed by atoms with E-state index < -0.39 is 0 Å². The fourth-order valence-corrected chi connectivity index (χ4v) is 3.40. The summed E-state index contributed by atoms with van der Waals surface area (Å²) in [5.41, 5.74) is 2.34. The SMILES string of the molecule is O=C(c1cscn1)N1CCCN2CCCC2C1. The Balaban J connectivity index is 1.72. The molecule has 0 aromatic carbocycles. The van der Waals surface area contributed by atoms with Gasteiger partial charge in [0, 0.05) is 31.1 Å². The molecule has 3 rings (SSSR count). The summed E-state index contributed by atoms with van der Waals surface area (Å²) in [7, 11) is 0. The molecule has 0 aliphatic carbocycles. The lowest BCUT2D eigenvalue weighted by atomic mass is 10.2. The standard InChI is InChI=1S/C12H17N3OS/c16-12(11-8-17-9-13-11)15-6-2-5-14-4-1-3-10(14)7-15/h8-10H,1-7H2. The molecule has 2 fully saturated rings. The quantitative estimate of drug-likeness (QED) is 0.758. The van der Waals surface area contributed by atoms with Gasteiger partial charge in [0.1, 0.15) is 5.69 Å². The van der Waals surface area contributed by atoms with E-state index in [2.05, 4.69) is 9.88 Å². The van der Waals surface area contributed by atoms with E-state index in [1.807, 2.05) is 10.3 Å². The maximum Gasteiger partial charge on any atom is 0.273 e. The second-order valence-electron chi connectivity index (χ2n) is 4.81. The first-order chi connectivity index (χ1) is 8.34. The van der Waals surface area contributed by atoms with Gasteiger partial charge in [-0.1, -0.05) is 0 Å². The van der Waals surface area contributed by atoms with Gasteiger partial charge in [-0.25, -0.2) is 4.98 Å². The Labute approximate surface area is 105 Å². The van der Waals surface area contributed by atoms with Crippen LogP contribution in [0.3, 0.4) is 0 Å². The summed E-state index contributed by atoms with van der Waals surface area (Å²) in [4.78, 5) is 20.9. The van der Waals surface area contributed by atoms with Crippen molar-refractivity contribution in [2.24, 2.45) is 0 Å². The molecule has 1 atom stereocenters. The lowest BCUT2D eigenvalue weighted by molar-refractivity contribution is 0.0738. The zero-order valence-corrected chi connectivity index (χ0v) is 10.7. The van der Waals surface area contributed by atoms with Crippen molar-refractivity contribution in [3.8, 4) is 0 Å². The molecule has 0 radical (unpaired) electrons. The molecule has 92 valence electrons. The van der Waals surface area contributed by atoms with Crippen LogP contribution in [0.25, 0.3) is 0 Å². The topological polar surface area (TPSA) is 36.4 Å². The van der Waals surface area contributed by atoms with Crippen molar-refractivity contribution in [2.45, 2.75) is 25.3 Å². The summed E-state index contributed by atoms with van der Waals surface area (Å²) < 4.78 is 0. The number of carbonyl (C=O) groups is 1. The van der Waals surface area contributed by atoms with E-state index in [1.165, 1.54) is 30.7 Å². The predicted molar refractivity (Wildman–Crippen MR) is 67.2 cm³/mol. The number of amides is 1. The Bertz CT molecular complexity index is 392. The normalized spacial score (nSPS) is 25.6. The minimum atomic E-state index is 0.111. The molecule has 1 aromatic heterocycles. The Kier molecular flexibility index (Phi) is 3.11. The lowest BCUT2D eigenvalue weighted by Gasteiger charge is -2.25. The van der Waals surface area contributed by atoms with Crippen LogP contribution in [0.5, 0.6) is 0 Å². The third-order valence-electron chi connectivity index (χ3n) is 3.74. The molecule has 3 heterocycles. The van der Waals surface area contributed by atoms with Crippen molar-refractivity contribution in [3.63, 3.8) is 0 Å². The average molecular weight is 251 g/mol. The third-order valence-corrected chi connectivity index (χ3v) is 4.33. The molecule has 2 saturated heterocycles. The van der Waals surface area contributed by atoms with Crippen molar-refractivity contribution in [2.75, 3.05) is 26.2 Å². The highest BCUT2D eigenvalue weighted by molar-refractivity contribution is 7.07. The van der Waals surface area contributed by atoms with Crippen molar-refractivity contribution >= 4 is 17.2 Å². The molecule has 17 heavy (non-hydrogen) atoms. The summed E-state index contributed by atoms with van der Waals surface area (Å²) >= 11 is 1.49. The Hall–Kier alpha value is -0.940. The summed E-state index contributed by atoms with van der Waals surface area (Å²) in [5.74, 6) is 0.111. The zero-order chi connectivity index (χ0) is 11.7. The highest BCUT2D eigenvalue weighted by Gasteiger charge is 2.31. The van der Waals surface area contributed by atoms with Gasteiger partial charge in [-0.15, -0.1) is 11.3 Å². The second kappa shape index (κ2) is 4.74. The molecule has 5 heteroatoms. The summed E-state index contributed by atoms with van der Waals surface area (Å²) in [5, 5.41) is 1.85. The van der Waals surface area contributed by atoms with Gasteiger partial charge in [0.15, 0.2) is 0 Å². The van der Waals surface area contributed by atoms with E-state index in [-0.39, 0.29) is 5.91 Å². The molecule has 0 N–H and O–H groups in total. The second-order valence-corrected chi connectivity index (χ2v) is 5.53. The molecule has 1 amide bonds. The highest BCUT2D eigenvalue weighted by Crippen LogP contribution is 2.22. The zero-order valence-electron chi connectivity index (χ0n) is 9.84. The van der Waals surface area contributed by atoms with Crippen molar-refractivity contribution in [3.05, 3.63) is 16.6 Å². The number of rotatable bonds is 1. The summed E-state index contributed by atoms with van der Waals surface area (Å²) in [6.07, 6.45) is 3.61. The molecule has 0 bridgehead atoms. The van der Waals surface area contributed by atoms with Crippen LogP contribution in [-0.4, -0.2) is 52.9 Å².